The summed E-state index contributed by atoms with van der Waals surface area (Å²) >= 11 is 0. The topological polar surface area (TPSA) is 117 Å². The summed E-state index contributed by atoms with van der Waals surface area (Å²) in [6.07, 6.45) is -0.106. The van der Waals surface area contributed by atoms with Crippen LogP contribution in [0.2, 0.25) is 0 Å². The fourth-order valence-electron chi connectivity index (χ4n) is 4.07. The van der Waals surface area contributed by atoms with Gasteiger partial charge in [-0.2, -0.15) is 0 Å². The molecule has 0 heterocycles. The third-order valence-corrected chi connectivity index (χ3v) is 6.18. The van der Waals surface area contributed by atoms with Crippen molar-refractivity contribution >= 4 is 23.6 Å². The minimum atomic E-state index is -1.08. The van der Waals surface area contributed by atoms with Crippen LogP contribution in [0.3, 0.4) is 0 Å². The van der Waals surface area contributed by atoms with Crippen molar-refractivity contribution in [3.8, 4) is 11.5 Å². The predicted molar refractivity (Wildman–Crippen MR) is 152 cm³/mol. The van der Waals surface area contributed by atoms with Crippen LogP contribution < -0.4 is 15.4 Å². The van der Waals surface area contributed by atoms with Gasteiger partial charge >= 0.3 is 6.09 Å². The van der Waals surface area contributed by atoms with E-state index in [0.29, 0.717) is 23.4 Å². The van der Waals surface area contributed by atoms with Crippen molar-refractivity contribution in [3.05, 3.63) is 54.1 Å². The Morgan fingerprint density at radius 2 is 1.51 bits per heavy atom. The lowest BCUT2D eigenvalue weighted by Gasteiger charge is -2.43. The number of nitrogens with one attached hydrogen (secondary N) is 2. The maximum atomic E-state index is 14.3. The fourth-order valence-corrected chi connectivity index (χ4v) is 4.07. The van der Waals surface area contributed by atoms with Crippen LogP contribution in [0.1, 0.15) is 73.4 Å². The Bertz CT molecular complexity index is 1120. The van der Waals surface area contributed by atoms with Crippen LogP contribution in [0, 0.1) is 5.92 Å². The molecule has 3 N–H and O–H groups in total. The zero-order valence-electron chi connectivity index (χ0n) is 24.5. The van der Waals surface area contributed by atoms with Gasteiger partial charge in [0.05, 0.1) is 7.11 Å². The Kier molecular flexibility index (Phi) is 10.4. The highest BCUT2D eigenvalue weighted by atomic mass is 16.6. The predicted octanol–water partition coefficient (Wildman–Crippen LogP) is 5.65. The number of carbonyl (C=O) groups is 3. The largest absolute Gasteiger partial charge is 0.508 e. The number of carbonyl (C=O) groups excluding carboxylic acids is 3. The first-order valence-corrected chi connectivity index (χ1v) is 13.1. The molecule has 2 aromatic rings. The molecule has 0 spiro atoms. The molecule has 0 saturated carbocycles. The van der Waals surface area contributed by atoms with Crippen LogP contribution in [-0.4, -0.2) is 52.2 Å². The minimum absolute atomic E-state index is 0.0331. The average molecular weight is 542 g/mol. The molecule has 9 heteroatoms. The van der Waals surface area contributed by atoms with Gasteiger partial charge in [0.15, 0.2) is 0 Å². The highest BCUT2D eigenvalue weighted by molar-refractivity contribution is 5.99. The lowest BCUT2D eigenvalue weighted by Crippen LogP contribution is -2.59. The van der Waals surface area contributed by atoms with Gasteiger partial charge in [-0.3, -0.25) is 9.59 Å². The summed E-state index contributed by atoms with van der Waals surface area (Å²) in [5.41, 5.74) is -0.555. The molecule has 0 bridgehead atoms. The Hall–Kier alpha value is -3.75. The number of ether oxygens (including phenoxy) is 2. The zero-order valence-corrected chi connectivity index (χ0v) is 24.5. The van der Waals surface area contributed by atoms with Gasteiger partial charge in [-0.1, -0.05) is 32.4 Å². The Morgan fingerprint density at radius 1 is 0.949 bits per heavy atom. The van der Waals surface area contributed by atoms with Gasteiger partial charge in [-0.15, -0.1) is 0 Å². The second-order valence-electron chi connectivity index (χ2n) is 11.6. The van der Waals surface area contributed by atoms with Crippen LogP contribution in [0.15, 0.2) is 48.5 Å². The number of phenols is 1. The smallest absolute Gasteiger partial charge is 0.408 e. The van der Waals surface area contributed by atoms with Crippen LogP contribution in [-0.2, 0) is 14.3 Å². The van der Waals surface area contributed by atoms with E-state index in [9.17, 15) is 19.5 Å². The van der Waals surface area contributed by atoms with E-state index in [-0.39, 0.29) is 11.7 Å². The van der Waals surface area contributed by atoms with E-state index in [1.807, 2.05) is 34.6 Å². The number of benzene rings is 2. The molecule has 0 aliphatic rings. The molecule has 0 radical (unpaired) electrons. The number of nitrogens with zero attached hydrogens (tertiary/aromatic N) is 1. The highest BCUT2D eigenvalue weighted by Crippen LogP contribution is 2.33. The number of hydrogen-bond donors (Lipinski definition) is 3. The number of aromatic hydroxyl groups is 1. The second-order valence-corrected chi connectivity index (χ2v) is 11.6. The Morgan fingerprint density at radius 3 is 1.97 bits per heavy atom. The Labute approximate surface area is 231 Å². The standard InChI is InChI=1S/C30H43N3O6/c1-10-19(2)24(32-28(37)39-30(6,7)8)27(36)33(29(3,4)5)25(20-11-15-22(34)16-12-20)26(35)31-21-13-17-23(38-9)18-14-21/h11-19,24-25,34H,10H2,1-9H3,(H,31,35)(H,32,37). The molecular weight excluding hydrogens is 498 g/mol. The molecule has 214 valence electrons. The molecular formula is C30H43N3O6. The van der Waals surface area contributed by atoms with Gasteiger partial charge in [0.2, 0.25) is 5.91 Å². The van der Waals surface area contributed by atoms with Crippen molar-refractivity contribution in [2.75, 3.05) is 12.4 Å². The van der Waals surface area contributed by atoms with E-state index in [0.717, 1.165) is 0 Å². The summed E-state index contributed by atoms with van der Waals surface area (Å²) in [6, 6.07) is 11.0. The molecule has 0 aromatic heterocycles. The first kappa shape index (κ1) is 31.5. The summed E-state index contributed by atoms with van der Waals surface area (Å²) in [5.74, 6) is -0.454. The van der Waals surface area contributed by atoms with Gasteiger partial charge in [0.1, 0.15) is 29.2 Å². The van der Waals surface area contributed by atoms with Gasteiger partial charge in [0, 0.05) is 11.2 Å². The second kappa shape index (κ2) is 12.9. The van der Waals surface area contributed by atoms with E-state index in [4.69, 9.17) is 9.47 Å². The van der Waals surface area contributed by atoms with Crippen molar-refractivity contribution in [3.63, 3.8) is 0 Å². The summed E-state index contributed by atoms with van der Waals surface area (Å²) in [5, 5.41) is 15.6. The minimum Gasteiger partial charge on any atom is -0.508 e. The van der Waals surface area contributed by atoms with E-state index < -0.39 is 41.1 Å². The molecule has 0 fully saturated rings. The zero-order chi connectivity index (χ0) is 29.5. The lowest BCUT2D eigenvalue weighted by atomic mass is 9.91. The third-order valence-electron chi connectivity index (χ3n) is 6.18. The summed E-state index contributed by atoms with van der Waals surface area (Å²) in [7, 11) is 1.56. The number of hydrogen-bond acceptors (Lipinski definition) is 6. The molecule has 39 heavy (non-hydrogen) atoms. The molecule has 3 amide bonds. The monoisotopic (exact) mass is 541 g/mol. The molecule has 0 saturated heterocycles. The number of alkyl carbamates (subject to hydrolysis) is 1. The first-order valence-electron chi connectivity index (χ1n) is 13.1. The number of methoxy groups -OCH3 is 1. The van der Waals surface area contributed by atoms with Gasteiger partial charge in [0.25, 0.3) is 5.91 Å². The fraction of sp³-hybridized carbons (Fsp3) is 0.500. The maximum Gasteiger partial charge on any atom is 0.408 e. The molecule has 9 nitrogen and oxygen atoms in total. The molecule has 2 aromatic carbocycles. The van der Waals surface area contributed by atoms with E-state index in [1.54, 1.807) is 64.3 Å². The van der Waals surface area contributed by atoms with Gasteiger partial charge < -0.3 is 30.1 Å². The van der Waals surface area contributed by atoms with Gasteiger partial charge in [-0.25, -0.2) is 4.79 Å². The van der Waals surface area contributed by atoms with Crippen molar-refractivity contribution in [2.45, 2.75) is 85.0 Å². The molecule has 3 atom stereocenters. The van der Waals surface area contributed by atoms with E-state index >= 15 is 0 Å². The Balaban J connectivity index is 2.58. The molecule has 0 aliphatic carbocycles. The van der Waals surface area contributed by atoms with Crippen LogP contribution in [0.4, 0.5) is 10.5 Å². The average Bonchev–Trinajstić information content (AvgIpc) is 2.84. The van der Waals surface area contributed by atoms with Crippen LogP contribution in [0.5, 0.6) is 11.5 Å². The molecule has 2 rings (SSSR count). The normalized spacial score (nSPS) is 14.0. The van der Waals surface area contributed by atoms with Gasteiger partial charge in [-0.05, 0) is 89.4 Å². The number of anilines is 1. The van der Waals surface area contributed by atoms with Crippen molar-refractivity contribution < 1.29 is 29.0 Å². The first-order chi connectivity index (χ1) is 18.1. The third kappa shape index (κ3) is 8.90. The maximum absolute atomic E-state index is 14.3. The number of phenolic OH excluding ortho intramolecular Hbond substituents is 1. The van der Waals surface area contributed by atoms with E-state index in [2.05, 4.69) is 10.6 Å². The summed E-state index contributed by atoms with van der Waals surface area (Å²) in [6.45, 7) is 14.5. The quantitative estimate of drug-likeness (QED) is 0.378. The number of rotatable bonds is 9. The molecule has 3 unspecified atom stereocenters. The van der Waals surface area contributed by atoms with Crippen molar-refractivity contribution in [2.24, 2.45) is 5.92 Å². The van der Waals surface area contributed by atoms with Crippen LogP contribution in [0.25, 0.3) is 0 Å². The summed E-state index contributed by atoms with van der Waals surface area (Å²) < 4.78 is 10.6. The summed E-state index contributed by atoms with van der Waals surface area (Å²) in [4.78, 5) is 42.5. The highest BCUT2D eigenvalue weighted by Gasteiger charge is 2.43. The lowest BCUT2D eigenvalue weighted by molar-refractivity contribution is -0.147. The van der Waals surface area contributed by atoms with Crippen molar-refractivity contribution in [1.29, 1.82) is 0 Å². The SMILES string of the molecule is CCC(C)C(NC(=O)OC(C)(C)C)C(=O)N(C(C(=O)Nc1ccc(OC)cc1)c1ccc(O)cc1)C(C)(C)C. The van der Waals surface area contributed by atoms with E-state index in [1.165, 1.54) is 17.0 Å². The number of amides is 3. The molecule has 0 aliphatic heterocycles. The van der Waals surface area contributed by atoms with Crippen molar-refractivity contribution in [1.82, 2.24) is 10.2 Å². The van der Waals surface area contributed by atoms with Crippen LogP contribution >= 0.6 is 0 Å².